The van der Waals surface area contributed by atoms with Gasteiger partial charge < -0.3 is 10.1 Å². The molecule has 0 aliphatic rings. The predicted octanol–water partition coefficient (Wildman–Crippen LogP) is 2.58. The van der Waals surface area contributed by atoms with Crippen LogP contribution in [0.3, 0.4) is 0 Å². The first kappa shape index (κ1) is 10.8. The van der Waals surface area contributed by atoms with Gasteiger partial charge in [-0.15, -0.1) is 0 Å². The Hall–Kier alpha value is -1.68. The van der Waals surface area contributed by atoms with Crippen molar-refractivity contribution in [1.29, 1.82) is 0 Å². The number of rotatable bonds is 3. The molecule has 2 aromatic rings. The second kappa shape index (κ2) is 4.45. The van der Waals surface area contributed by atoms with Gasteiger partial charge in [-0.05, 0) is 18.2 Å². The molecular formula is C11H12ClN3O. The van der Waals surface area contributed by atoms with Crippen molar-refractivity contribution in [1.82, 2.24) is 9.55 Å². The molecule has 0 saturated heterocycles. The quantitative estimate of drug-likeness (QED) is 0.892. The first-order chi connectivity index (χ1) is 7.76. The standard InChI is InChI=1S/C11H12ClN3O/c1-13-11-14-5-6-15(11)8-3-4-10(16-2)9(12)7-8/h3-7H,1-2H3,(H,13,14). The number of nitrogens with one attached hydrogen (secondary N) is 1. The van der Waals surface area contributed by atoms with E-state index in [0.29, 0.717) is 10.8 Å². The van der Waals surface area contributed by atoms with Gasteiger partial charge in [0.05, 0.1) is 17.8 Å². The van der Waals surface area contributed by atoms with Crippen molar-refractivity contribution in [3.8, 4) is 11.4 Å². The van der Waals surface area contributed by atoms with Crippen molar-refractivity contribution in [2.75, 3.05) is 19.5 Å². The van der Waals surface area contributed by atoms with E-state index in [2.05, 4.69) is 10.3 Å². The molecule has 0 fully saturated rings. The Morgan fingerprint density at radius 2 is 2.25 bits per heavy atom. The highest BCUT2D eigenvalue weighted by molar-refractivity contribution is 6.32. The van der Waals surface area contributed by atoms with Gasteiger partial charge in [-0.3, -0.25) is 4.57 Å². The Kier molecular flexibility index (Phi) is 3.01. The van der Waals surface area contributed by atoms with E-state index in [1.54, 1.807) is 13.3 Å². The fourth-order valence-electron chi connectivity index (χ4n) is 1.50. The second-order valence-electron chi connectivity index (χ2n) is 3.19. The summed E-state index contributed by atoms with van der Waals surface area (Å²) >= 11 is 6.06. The smallest absolute Gasteiger partial charge is 0.207 e. The van der Waals surface area contributed by atoms with Crippen molar-refractivity contribution in [3.05, 3.63) is 35.6 Å². The summed E-state index contributed by atoms with van der Waals surface area (Å²) in [6.45, 7) is 0. The fourth-order valence-corrected chi connectivity index (χ4v) is 1.75. The lowest BCUT2D eigenvalue weighted by molar-refractivity contribution is 0.415. The van der Waals surface area contributed by atoms with Gasteiger partial charge in [-0.1, -0.05) is 11.6 Å². The third-order valence-corrected chi connectivity index (χ3v) is 2.57. The number of imidazole rings is 1. The highest BCUT2D eigenvalue weighted by Gasteiger charge is 2.06. The van der Waals surface area contributed by atoms with Gasteiger partial charge in [0.15, 0.2) is 0 Å². The number of aromatic nitrogens is 2. The van der Waals surface area contributed by atoms with Crippen molar-refractivity contribution < 1.29 is 4.74 Å². The molecule has 1 heterocycles. The molecule has 1 aromatic heterocycles. The van der Waals surface area contributed by atoms with Crippen LogP contribution in [0.1, 0.15) is 0 Å². The molecule has 0 aliphatic carbocycles. The maximum Gasteiger partial charge on any atom is 0.207 e. The molecule has 1 aromatic carbocycles. The normalized spacial score (nSPS) is 10.2. The summed E-state index contributed by atoms with van der Waals surface area (Å²) in [5.41, 5.74) is 0.938. The minimum atomic E-state index is 0.579. The van der Waals surface area contributed by atoms with Gasteiger partial charge in [0.2, 0.25) is 5.95 Å². The van der Waals surface area contributed by atoms with E-state index in [4.69, 9.17) is 16.3 Å². The van der Waals surface area contributed by atoms with Gasteiger partial charge in [0.25, 0.3) is 0 Å². The van der Waals surface area contributed by atoms with E-state index in [-0.39, 0.29) is 0 Å². The van der Waals surface area contributed by atoms with Crippen molar-refractivity contribution in [3.63, 3.8) is 0 Å². The SMILES string of the molecule is CNc1nccn1-c1ccc(OC)c(Cl)c1. The molecule has 0 amide bonds. The fraction of sp³-hybridized carbons (Fsp3) is 0.182. The van der Waals surface area contributed by atoms with Crippen LogP contribution in [0.25, 0.3) is 5.69 Å². The minimum absolute atomic E-state index is 0.579. The summed E-state index contributed by atoms with van der Waals surface area (Å²) in [6, 6.07) is 5.59. The summed E-state index contributed by atoms with van der Waals surface area (Å²) in [7, 11) is 3.42. The molecule has 1 N–H and O–H groups in total. The Morgan fingerprint density at radius 1 is 1.44 bits per heavy atom. The third kappa shape index (κ3) is 1.84. The lowest BCUT2D eigenvalue weighted by Gasteiger charge is -2.09. The van der Waals surface area contributed by atoms with E-state index in [9.17, 15) is 0 Å². The maximum atomic E-state index is 6.06. The zero-order valence-corrected chi connectivity index (χ0v) is 9.82. The molecule has 0 bridgehead atoms. The Labute approximate surface area is 98.8 Å². The molecule has 16 heavy (non-hydrogen) atoms. The molecule has 0 saturated carbocycles. The number of methoxy groups -OCH3 is 1. The second-order valence-corrected chi connectivity index (χ2v) is 3.60. The first-order valence-electron chi connectivity index (χ1n) is 4.81. The Bertz CT molecular complexity index is 496. The summed E-state index contributed by atoms with van der Waals surface area (Å²) in [6.07, 6.45) is 3.59. The van der Waals surface area contributed by atoms with E-state index >= 15 is 0 Å². The van der Waals surface area contributed by atoms with E-state index in [1.165, 1.54) is 0 Å². The minimum Gasteiger partial charge on any atom is -0.495 e. The molecule has 4 nitrogen and oxygen atoms in total. The molecule has 84 valence electrons. The summed E-state index contributed by atoms with van der Waals surface area (Å²) < 4.78 is 7.01. The van der Waals surface area contributed by atoms with E-state index in [1.807, 2.05) is 36.0 Å². The van der Waals surface area contributed by atoms with Crippen LogP contribution in [0, 0.1) is 0 Å². The number of benzene rings is 1. The van der Waals surface area contributed by atoms with Crippen LogP contribution >= 0.6 is 11.6 Å². The van der Waals surface area contributed by atoms with Gasteiger partial charge in [-0.25, -0.2) is 4.98 Å². The molecule has 2 rings (SSSR count). The van der Waals surface area contributed by atoms with E-state index in [0.717, 1.165) is 11.6 Å². The van der Waals surface area contributed by atoms with Gasteiger partial charge in [0.1, 0.15) is 5.75 Å². The van der Waals surface area contributed by atoms with Crippen molar-refractivity contribution in [2.45, 2.75) is 0 Å². The number of halogens is 1. The average Bonchev–Trinajstić information content (AvgIpc) is 2.77. The predicted molar refractivity (Wildman–Crippen MR) is 64.7 cm³/mol. The summed E-state index contributed by atoms with van der Waals surface area (Å²) in [5.74, 6) is 1.43. The topological polar surface area (TPSA) is 39.1 Å². The zero-order chi connectivity index (χ0) is 11.5. The van der Waals surface area contributed by atoms with E-state index < -0.39 is 0 Å². The Morgan fingerprint density at radius 3 is 2.88 bits per heavy atom. The zero-order valence-electron chi connectivity index (χ0n) is 9.07. The largest absolute Gasteiger partial charge is 0.495 e. The van der Waals surface area contributed by atoms with Crippen LogP contribution in [-0.4, -0.2) is 23.7 Å². The molecule has 0 atom stereocenters. The van der Waals surface area contributed by atoms with Crippen molar-refractivity contribution >= 4 is 17.5 Å². The molecule has 0 radical (unpaired) electrons. The monoisotopic (exact) mass is 237 g/mol. The van der Waals surface area contributed by atoms with Crippen LogP contribution < -0.4 is 10.1 Å². The van der Waals surface area contributed by atoms with Crippen LogP contribution in [0.5, 0.6) is 5.75 Å². The molecular weight excluding hydrogens is 226 g/mol. The van der Waals surface area contributed by atoms with Gasteiger partial charge in [-0.2, -0.15) is 0 Å². The van der Waals surface area contributed by atoms with Crippen molar-refractivity contribution in [2.24, 2.45) is 0 Å². The van der Waals surface area contributed by atoms with Crippen LogP contribution in [-0.2, 0) is 0 Å². The highest BCUT2D eigenvalue weighted by Crippen LogP contribution is 2.27. The lowest BCUT2D eigenvalue weighted by atomic mass is 10.3. The number of hydrogen-bond acceptors (Lipinski definition) is 3. The number of anilines is 1. The van der Waals surface area contributed by atoms with Gasteiger partial charge in [0, 0.05) is 19.4 Å². The molecule has 0 unspecified atom stereocenters. The number of ether oxygens (including phenoxy) is 1. The average molecular weight is 238 g/mol. The summed E-state index contributed by atoms with van der Waals surface area (Å²) in [5, 5.41) is 3.58. The third-order valence-electron chi connectivity index (χ3n) is 2.28. The van der Waals surface area contributed by atoms with Gasteiger partial charge >= 0.3 is 0 Å². The number of hydrogen-bond donors (Lipinski definition) is 1. The number of nitrogens with zero attached hydrogens (tertiary/aromatic N) is 2. The maximum absolute atomic E-state index is 6.06. The highest BCUT2D eigenvalue weighted by atomic mass is 35.5. The van der Waals surface area contributed by atoms with Crippen LogP contribution in [0.15, 0.2) is 30.6 Å². The first-order valence-corrected chi connectivity index (χ1v) is 5.19. The summed E-state index contributed by atoms with van der Waals surface area (Å²) in [4.78, 5) is 4.16. The lowest BCUT2D eigenvalue weighted by Crippen LogP contribution is -2.00. The Balaban J connectivity index is 2.45. The molecule has 5 heteroatoms. The van der Waals surface area contributed by atoms with Crippen LogP contribution in [0.2, 0.25) is 5.02 Å². The molecule has 0 aliphatic heterocycles. The molecule has 0 spiro atoms. The van der Waals surface area contributed by atoms with Crippen LogP contribution in [0.4, 0.5) is 5.95 Å².